The van der Waals surface area contributed by atoms with Crippen LogP contribution in [0.3, 0.4) is 0 Å². The molecule has 0 aliphatic rings. The number of carbonyl (C=O) groups is 1. The molecule has 0 saturated carbocycles. The van der Waals surface area contributed by atoms with Gasteiger partial charge in [-0.15, -0.1) is 0 Å². The number of aliphatic hydroxyl groups is 1. The number of benzene rings is 1. The van der Waals surface area contributed by atoms with E-state index in [4.69, 9.17) is 0 Å². The summed E-state index contributed by atoms with van der Waals surface area (Å²) in [6.07, 6.45) is 2.57. The maximum atomic E-state index is 12.2. The topological polar surface area (TPSA) is 90.9 Å². The summed E-state index contributed by atoms with van der Waals surface area (Å²) in [5.41, 5.74) is 2.53. The Balaban J connectivity index is 1.61. The van der Waals surface area contributed by atoms with Gasteiger partial charge >= 0.3 is 0 Å². The standard InChI is InChI=1S/C17H15BrN4O2/c18-13-5-3-11(4-6-13)16(23)10-20-17(24)15-8-14(21-22-15)12-2-1-7-19-9-12/h1-9,16,23H,10H2,(H,20,24)(H,21,22). The molecule has 1 unspecified atom stereocenters. The number of hydrogen-bond acceptors (Lipinski definition) is 4. The number of amides is 1. The van der Waals surface area contributed by atoms with Crippen LogP contribution in [0.2, 0.25) is 0 Å². The zero-order chi connectivity index (χ0) is 16.9. The summed E-state index contributed by atoms with van der Waals surface area (Å²) in [6, 6.07) is 12.6. The average molecular weight is 387 g/mol. The molecule has 0 aliphatic heterocycles. The lowest BCUT2D eigenvalue weighted by Gasteiger charge is -2.11. The van der Waals surface area contributed by atoms with Crippen LogP contribution in [0.15, 0.2) is 59.3 Å². The summed E-state index contributed by atoms with van der Waals surface area (Å²) in [7, 11) is 0. The normalized spacial score (nSPS) is 11.9. The Bertz CT molecular complexity index is 818. The minimum Gasteiger partial charge on any atom is -0.387 e. The summed E-state index contributed by atoms with van der Waals surface area (Å²) in [5, 5.41) is 19.6. The van der Waals surface area contributed by atoms with Gasteiger partial charge in [0.15, 0.2) is 0 Å². The monoisotopic (exact) mass is 386 g/mol. The second-order valence-corrected chi connectivity index (χ2v) is 6.10. The van der Waals surface area contributed by atoms with E-state index in [0.717, 1.165) is 15.6 Å². The van der Waals surface area contributed by atoms with Crippen molar-refractivity contribution in [1.82, 2.24) is 20.5 Å². The quantitative estimate of drug-likeness (QED) is 0.628. The first kappa shape index (κ1) is 16.4. The highest BCUT2D eigenvalue weighted by Gasteiger charge is 2.13. The maximum Gasteiger partial charge on any atom is 0.269 e. The highest BCUT2D eigenvalue weighted by molar-refractivity contribution is 9.10. The molecule has 6 nitrogen and oxygen atoms in total. The van der Waals surface area contributed by atoms with E-state index in [1.807, 2.05) is 18.2 Å². The zero-order valence-electron chi connectivity index (χ0n) is 12.6. The number of hydrogen-bond donors (Lipinski definition) is 3. The van der Waals surface area contributed by atoms with E-state index in [-0.39, 0.29) is 12.5 Å². The second-order valence-electron chi connectivity index (χ2n) is 5.19. The molecule has 122 valence electrons. The van der Waals surface area contributed by atoms with E-state index in [2.05, 4.69) is 36.4 Å². The van der Waals surface area contributed by atoms with E-state index < -0.39 is 6.10 Å². The fourth-order valence-electron chi connectivity index (χ4n) is 2.19. The van der Waals surface area contributed by atoms with Crippen molar-refractivity contribution < 1.29 is 9.90 Å². The third-order valence-electron chi connectivity index (χ3n) is 3.49. The lowest BCUT2D eigenvalue weighted by atomic mass is 10.1. The van der Waals surface area contributed by atoms with E-state index in [1.165, 1.54) is 0 Å². The zero-order valence-corrected chi connectivity index (χ0v) is 14.2. The van der Waals surface area contributed by atoms with Gasteiger partial charge in [0.2, 0.25) is 0 Å². The fourth-order valence-corrected chi connectivity index (χ4v) is 2.45. The number of aliphatic hydroxyl groups excluding tert-OH is 1. The van der Waals surface area contributed by atoms with Gasteiger partial charge in [0, 0.05) is 29.0 Å². The third-order valence-corrected chi connectivity index (χ3v) is 4.02. The highest BCUT2D eigenvalue weighted by Crippen LogP contribution is 2.17. The van der Waals surface area contributed by atoms with Crippen LogP contribution in [0.1, 0.15) is 22.2 Å². The van der Waals surface area contributed by atoms with Crippen molar-refractivity contribution >= 4 is 21.8 Å². The Morgan fingerprint density at radius 3 is 2.79 bits per heavy atom. The summed E-state index contributed by atoms with van der Waals surface area (Å²) >= 11 is 3.34. The Hall–Kier alpha value is -2.51. The highest BCUT2D eigenvalue weighted by atomic mass is 79.9. The molecule has 0 saturated heterocycles. The van der Waals surface area contributed by atoms with Crippen molar-refractivity contribution in [1.29, 1.82) is 0 Å². The number of nitrogens with zero attached hydrogens (tertiary/aromatic N) is 2. The van der Waals surface area contributed by atoms with Crippen LogP contribution < -0.4 is 5.32 Å². The number of pyridine rings is 1. The van der Waals surface area contributed by atoms with Crippen molar-refractivity contribution in [2.45, 2.75) is 6.10 Å². The molecular weight excluding hydrogens is 372 g/mol. The summed E-state index contributed by atoms with van der Waals surface area (Å²) in [6.45, 7) is 0.113. The molecule has 0 aliphatic carbocycles. The minimum atomic E-state index is -0.775. The predicted molar refractivity (Wildman–Crippen MR) is 93.3 cm³/mol. The van der Waals surface area contributed by atoms with Gasteiger partial charge in [-0.3, -0.25) is 14.9 Å². The number of rotatable bonds is 5. The summed E-state index contributed by atoms with van der Waals surface area (Å²) in [5.74, 6) is -0.325. The van der Waals surface area contributed by atoms with Crippen LogP contribution in [-0.4, -0.2) is 32.7 Å². The van der Waals surface area contributed by atoms with Gasteiger partial charge in [-0.05, 0) is 35.9 Å². The number of H-pyrrole nitrogens is 1. The Morgan fingerprint density at radius 1 is 1.29 bits per heavy atom. The number of aromatic amines is 1. The molecule has 3 rings (SSSR count). The molecule has 1 amide bonds. The third kappa shape index (κ3) is 3.87. The smallest absolute Gasteiger partial charge is 0.269 e. The molecule has 3 aromatic rings. The molecule has 0 spiro atoms. The van der Waals surface area contributed by atoms with Crippen molar-refractivity contribution in [3.8, 4) is 11.3 Å². The minimum absolute atomic E-state index is 0.113. The first-order valence-corrected chi connectivity index (χ1v) is 8.10. The van der Waals surface area contributed by atoms with Crippen molar-refractivity contribution in [2.24, 2.45) is 0 Å². The Kier molecular flexibility index (Phi) is 5.02. The van der Waals surface area contributed by atoms with Crippen LogP contribution in [-0.2, 0) is 0 Å². The lowest BCUT2D eigenvalue weighted by molar-refractivity contribution is 0.0911. The molecule has 24 heavy (non-hydrogen) atoms. The van der Waals surface area contributed by atoms with Crippen molar-refractivity contribution in [2.75, 3.05) is 6.54 Å². The molecule has 1 atom stereocenters. The SMILES string of the molecule is O=C(NCC(O)c1ccc(Br)cc1)c1cc(-c2cccnc2)n[nH]1. The molecule has 7 heteroatoms. The van der Waals surface area contributed by atoms with Crippen molar-refractivity contribution in [3.63, 3.8) is 0 Å². The molecular formula is C17H15BrN4O2. The van der Waals surface area contributed by atoms with Crippen molar-refractivity contribution in [3.05, 3.63) is 70.6 Å². The lowest BCUT2D eigenvalue weighted by Crippen LogP contribution is -2.28. The van der Waals surface area contributed by atoms with Gasteiger partial charge in [0.05, 0.1) is 11.8 Å². The summed E-state index contributed by atoms with van der Waals surface area (Å²) in [4.78, 5) is 16.2. The molecule has 2 heterocycles. The van der Waals surface area contributed by atoms with E-state index in [9.17, 15) is 9.90 Å². The molecule has 0 fully saturated rings. The Labute approximate surface area is 147 Å². The number of halogens is 1. The van der Waals surface area contributed by atoms with Crippen LogP contribution in [0.4, 0.5) is 0 Å². The molecule has 2 aromatic heterocycles. The summed E-state index contributed by atoms with van der Waals surface area (Å²) < 4.78 is 0.933. The Morgan fingerprint density at radius 2 is 2.08 bits per heavy atom. The van der Waals surface area contributed by atoms with Crippen LogP contribution >= 0.6 is 15.9 Å². The van der Waals surface area contributed by atoms with Crippen LogP contribution in [0.25, 0.3) is 11.3 Å². The number of carbonyl (C=O) groups excluding carboxylic acids is 1. The molecule has 1 aromatic carbocycles. The number of aromatic nitrogens is 3. The fraction of sp³-hybridized carbons (Fsp3) is 0.118. The second kappa shape index (κ2) is 7.37. The van der Waals surface area contributed by atoms with Gasteiger partial charge < -0.3 is 10.4 Å². The predicted octanol–water partition coefficient (Wildman–Crippen LogP) is 2.70. The van der Waals surface area contributed by atoms with Gasteiger partial charge in [-0.2, -0.15) is 5.10 Å². The van der Waals surface area contributed by atoms with E-state index in [0.29, 0.717) is 11.4 Å². The van der Waals surface area contributed by atoms with Gasteiger partial charge in [-0.1, -0.05) is 28.1 Å². The van der Waals surface area contributed by atoms with Gasteiger partial charge in [-0.25, -0.2) is 0 Å². The van der Waals surface area contributed by atoms with Crippen LogP contribution in [0, 0.1) is 0 Å². The van der Waals surface area contributed by atoms with E-state index >= 15 is 0 Å². The van der Waals surface area contributed by atoms with Gasteiger partial charge in [0.25, 0.3) is 5.91 Å². The number of nitrogens with one attached hydrogen (secondary N) is 2. The van der Waals surface area contributed by atoms with Crippen LogP contribution in [0.5, 0.6) is 0 Å². The maximum absolute atomic E-state index is 12.2. The van der Waals surface area contributed by atoms with E-state index in [1.54, 1.807) is 36.7 Å². The first-order valence-electron chi connectivity index (χ1n) is 7.31. The first-order chi connectivity index (χ1) is 11.6. The molecule has 0 bridgehead atoms. The van der Waals surface area contributed by atoms with Gasteiger partial charge in [0.1, 0.15) is 5.69 Å². The molecule has 0 radical (unpaired) electrons. The molecule has 3 N–H and O–H groups in total. The average Bonchev–Trinajstić information content (AvgIpc) is 3.11. The largest absolute Gasteiger partial charge is 0.387 e.